The minimum atomic E-state index is -0.678. The molecule has 1 heterocycles. The number of benzene rings is 1. The number of rotatable bonds is 4. The fraction of sp³-hybridized carbons (Fsp3) is 0.533. The Hall–Kier alpha value is -1.19. The molecular weight excluding hydrogens is 228 g/mol. The zero-order valence-corrected chi connectivity index (χ0v) is 11.1. The van der Waals surface area contributed by atoms with Crippen LogP contribution in [0.5, 0.6) is 0 Å². The van der Waals surface area contributed by atoms with Gasteiger partial charge in [-0.25, -0.2) is 0 Å². The third-order valence-electron chi connectivity index (χ3n) is 3.45. The number of ether oxygens (including phenoxy) is 2. The van der Waals surface area contributed by atoms with Gasteiger partial charge in [-0.15, -0.1) is 0 Å². The first-order valence-corrected chi connectivity index (χ1v) is 6.51. The molecule has 1 aliphatic rings. The molecular formula is C15H20O3. The number of carbonyl (C=O) groups excluding carboxylic acids is 1. The van der Waals surface area contributed by atoms with Gasteiger partial charge in [0.05, 0.1) is 0 Å². The SMILES string of the molecule is CCOC1(C(=O)c2ccc(C)cc2)CCOCC1. The van der Waals surface area contributed by atoms with Gasteiger partial charge in [-0.3, -0.25) is 4.79 Å². The third-order valence-corrected chi connectivity index (χ3v) is 3.45. The van der Waals surface area contributed by atoms with Gasteiger partial charge in [0.1, 0.15) is 5.60 Å². The quantitative estimate of drug-likeness (QED) is 0.769. The van der Waals surface area contributed by atoms with E-state index >= 15 is 0 Å². The molecule has 98 valence electrons. The van der Waals surface area contributed by atoms with Gasteiger partial charge < -0.3 is 9.47 Å². The summed E-state index contributed by atoms with van der Waals surface area (Å²) in [4.78, 5) is 12.6. The van der Waals surface area contributed by atoms with Crippen LogP contribution in [0.1, 0.15) is 35.7 Å². The third kappa shape index (κ3) is 2.62. The molecule has 1 aromatic rings. The molecule has 1 aliphatic heterocycles. The summed E-state index contributed by atoms with van der Waals surface area (Å²) < 4.78 is 11.1. The molecule has 0 N–H and O–H groups in total. The van der Waals surface area contributed by atoms with Crippen molar-refractivity contribution in [3.8, 4) is 0 Å². The van der Waals surface area contributed by atoms with Crippen LogP contribution in [0.4, 0.5) is 0 Å². The van der Waals surface area contributed by atoms with E-state index < -0.39 is 5.60 Å². The van der Waals surface area contributed by atoms with E-state index in [4.69, 9.17) is 9.47 Å². The van der Waals surface area contributed by atoms with Gasteiger partial charge >= 0.3 is 0 Å². The average Bonchev–Trinajstić information content (AvgIpc) is 2.40. The molecule has 0 unspecified atom stereocenters. The average molecular weight is 248 g/mol. The van der Waals surface area contributed by atoms with Crippen LogP contribution in [-0.4, -0.2) is 31.2 Å². The van der Waals surface area contributed by atoms with Gasteiger partial charge in [-0.05, 0) is 13.8 Å². The Kier molecular flexibility index (Phi) is 4.15. The van der Waals surface area contributed by atoms with E-state index in [9.17, 15) is 4.79 Å². The predicted octanol–water partition coefficient (Wildman–Crippen LogP) is 2.76. The van der Waals surface area contributed by atoms with Crippen LogP contribution in [0.15, 0.2) is 24.3 Å². The van der Waals surface area contributed by atoms with Crippen molar-refractivity contribution in [3.05, 3.63) is 35.4 Å². The zero-order chi connectivity index (χ0) is 13.0. The number of ketones is 1. The van der Waals surface area contributed by atoms with E-state index in [0.717, 1.165) is 11.1 Å². The van der Waals surface area contributed by atoms with E-state index in [1.54, 1.807) is 0 Å². The van der Waals surface area contributed by atoms with Crippen molar-refractivity contribution < 1.29 is 14.3 Å². The van der Waals surface area contributed by atoms with E-state index in [2.05, 4.69) is 0 Å². The largest absolute Gasteiger partial charge is 0.381 e. The highest BCUT2D eigenvalue weighted by molar-refractivity contribution is 6.02. The van der Waals surface area contributed by atoms with Gasteiger partial charge in [-0.1, -0.05) is 29.8 Å². The minimum Gasteiger partial charge on any atom is -0.381 e. The smallest absolute Gasteiger partial charge is 0.194 e. The lowest BCUT2D eigenvalue weighted by atomic mass is 9.85. The maximum Gasteiger partial charge on any atom is 0.194 e. The summed E-state index contributed by atoms with van der Waals surface area (Å²) in [5.74, 6) is 0.0904. The second-order valence-electron chi connectivity index (χ2n) is 4.73. The van der Waals surface area contributed by atoms with E-state index in [-0.39, 0.29) is 5.78 Å². The predicted molar refractivity (Wildman–Crippen MR) is 69.9 cm³/mol. The lowest BCUT2D eigenvalue weighted by molar-refractivity contribution is -0.0822. The Morgan fingerprint density at radius 3 is 2.44 bits per heavy atom. The molecule has 1 fully saturated rings. The molecule has 3 heteroatoms. The highest BCUT2D eigenvalue weighted by Gasteiger charge is 2.41. The van der Waals surface area contributed by atoms with E-state index in [1.165, 1.54) is 0 Å². The fourth-order valence-electron chi connectivity index (χ4n) is 2.38. The van der Waals surface area contributed by atoms with Crippen LogP contribution < -0.4 is 0 Å². The van der Waals surface area contributed by atoms with Gasteiger partial charge in [-0.2, -0.15) is 0 Å². The first-order chi connectivity index (χ1) is 8.68. The monoisotopic (exact) mass is 248 g/mol. The van der Waals surface area contributed by atoms with Gasteiger partial charge in [0.25, 0.3) is 0 Å². The lowest BCUT2D eigenvalue weighted by Crippen LogP contribution is -2.46. The molecule has 0 radical (unpaired) electrons. The van der Waals surface area contributed by atoms with Crippen molar-refractivity contribution in [2.75, 3.05) is 19.8 Å². The maximum absolute atomic E-state index is 12.6. The van der Waals surface area contributed by atoms with Crippen molar-refractivity contribution in [1.82, 2.24) is 0 Å². The lowest BCUT2D eigenvalue weighted by Gasteiger charge is -2.35. The normalized spacial score (nSPS) is 18.6. The van der Waals surface area contributed by atoms with Crippen LogP contribution in [0, 0.1) is 6.92 Å². The second-order valence-corrected chi connectivity index (χ2v) is 4.73. The maximum atomic E-state index is 12.6. The molecule has 0 aliphatic carbocycles. The number of carbonyl (C=O) groups is 1. The van der Waals surface area contributed by atoms with Crippen LogP contribution in [0.3, 0.4) is 0 Å². The highest BCUT2D eigenvalue weighted by atomic mass is 16.5. The molecule has 0 spiro atoms. The number of hydrogen-bond donors (Lipinski definition) is 0. The number of aryl methyl sites for hydroxylation is 1. The molecule has 0 aromatic heterocycles. The summed E-state index contributed by atoms with van der Waals surface area (Å²) in [5.41, 5.74) is 1.21. The van der Waals surface area contributed by atoms with E-state index in [0.29, 0.717) is 32.7 Å². The molecule has 18 heavy (non-hydrogen) atoms. The molecule has 0 bridgehead atoms. The topological polar surface area (TPSA) is 35.5 Å². The Bertz CT molecular complexity index is 397. The Morgan fingerprint density at radius 1 is 1.28 bits per heavy atom. The highest BCUT2D eigenvalue weighted by Crippen LogP contribution is 2.29. The van der Waals surface area contributed by atoms with Crippen molar-refractivity contribution in [2.24, 2.45) is 0 Å². The van der Waals surface area contributed by atoms with Gasteiger partial charge in [0.15, 0.2) is 5.78 Å². The van der Waals surface area contributed by atoms with Crippen molar-refractivity contribution in [2.45, 2.75) is 32.3 Å². The summed E-state index contributed by atoms with van der Waals surface area (Å²) in [5, 5.41) is 0. The number of Topliss-reactive ketones (excluding diaryl/α,β-unsaturated/α-hetero) is 1. The Balaban J connectivity index is 2.24. The van der Waals surface area contributed by atoms with Crippen LogP contribution in [0.25, 0.3) is 0 Å². The Morgan fingerprint density at radius 2 is 1.89 bits per heavy atom. The molecule has 0 amide bonds. The molecule has 0 saturated carbocycles. The zero-order valence-electron chi connectivity index (χ0n) is 11.1. The molecule has 2 rings (SSSR count). The van der Waals surface area contributed by atoms with Crippen molar-refractivity contribution in [3.63, 3.8) is 0 Å². The molecule has 1 aromatic carbocycles. The summed E-state index contributed by atoms with van der Waals surface area (Å²) in [6.07, 6.45) is 1.29. The van der Waals surface area contributed by atoms with Crippen molar-refractivity contribution >= 4 is 5.78 Å². The first kappa shape index (κ1) is 13.2. The van der Waals surface area contributed by atoms with Crippen molar-refractivity contribution in [1.29, 1.82) is 0 Å². The molecule has 3 nitrogen and oxygen atoms in total. The van der Waals surface area contributed by atoms with Crippen LogP contribution in [0.2, 0.25) is 0 Å². The van der Waals surface area contributed by atoms with Crippen LogP contribution in [-0.2, 0) is 9.47 Å². The van der Waals surface area contributed by atoms with Crippen LogP contribution >= 0.6 is 0 Å². The van der Waals surface area contributed by atoms with Gasteiger partial charge in [0, 0.05) is 38.2 Å². The number of hydrogen-bond acceptors (Lipinski definition) is 3. The second kappa shape index (κ2) is 5.63. The minimum absolute atomic E-state index is 0.0904. The summed E-state index contributed by atoms with van der Waals surface area (Å²) in [7, 11) is 0. The first-order valence-electron chi connectivity index (χ1n) is 6.51. The Labute approximate surface area is 108 Å². The fourth-order valence-corrected chi connectivity index (χ4v) is 2.38. The summed E-state index contributed by atoms with van der Waals surface area (Å²) in [6, 6.07) is 7.69. The standard InChI is InChI=1S/C15H20O3/c1-3-18-15(8-10-17-11-9-15)14(16)13-6-4-12(2)5-7-13/h4-7H,3,8-11H2,1-2H3. The summed E-state index contributed by atoms with van der Waals surface area (Å²) >= 11 is 0. The molecule has 1 saturated heterocycles. The van der Waals surface area contributed by atoms with Gasteiger partial charge in [0.2, 0.25) is 0 Å². The summed E-state index contributed by atoms with van der Waals surface area (Å²) in [6.45, 7) is 5.69. The van der Waals surface area contributed by atoms with E-state index in [1.807, 2.05) is 38.1 Å². The molecule has 0 atom stereocenters.